The second-order valence-corrected chi connectivity index (χ2v) is 4.77. The van der Waals surface area contributed by atoms with Gasteiger partial charge in [0.25, 0.3) is 0 Å². The van der Waals surface area contributed by atoms with Gasteiger partial charge in [-0.15, -0.1) is 0 Å². The number of hydrogen-bond donors (Lipinski definition) is 0. The van der Waals surface area contributed by atoms with Gasteiger partial charge in [-0.3, -0.25) is 4.79 Å². The summed E-state index contributed by atoms with van der Waals surface area (Å²) in [5, 5.41) is 0.720. The molecule has 3 rings (SSSR count). The van der Waals surface area contributed by atoms with E-state index in [1.54, 1.807) is 0 Å². The van der Waals surface area contributed by atoms with Crippen molar-refractivity contribution in [3.05, 3.63) is 40.2 Å². The maximum Gasteiger partial charge on any atom is 0.179 e. The maximum absolute atomic E-state index is 11.9. The number of rotatable bonds is 0. The van der Waals surface area contributed by atoms with Crippen molar-refractivity contribution < 1.29 is 4.79 Å². The third-order valence-electron chi connectivity index (χ3n) is 3.38. The topological polar surface area (TPSA) is 21.5 Å². The van der Waals surface area contributed by atoms with Crippen LogP contribution in [-0.2, 0) is 6.42 Å². The average Bonchev–Trinajstić information content (AvgIpc) is 2.55. The first-order chi connectivity index (χ1) is 7.68. The van der Waals surface area contributed by atoms with Gasteiger partial charge in [0.1, 0.15) is 0 Å². The Morgan fingerprint density at radius 1 is 1.38 bits per heavy atom. The number of carbonyl (C=O) groups excluding carboxylic acids is 1. The molecular weight excluding hydrogens is 222 g/mol. The lowest BCUT2D eigenvalue weighted by molar-refractivity contribution is 0.0966. The van der Waals surface area contributed by atoms with Crippen molar-refractivity contribution in [2.45, 2.75) is 26.2 Å². The van der Waals surface area contributed by atoms with E-state index in [1.165, 1.54) is 11.1 Å². The van der Waals surface area contributed by atoms with Gasteiger partial charge in [0.15, 0.2) is 5.78 Å². The molecule has 2 nitrogen and oxygen atoms in total. The smallest absolute Gasteiger partial charge is 0.179 e. The van der Waals surface area contributed by atoms with E-state index >= 15 is 0 Å². The van der Waals surface area contributed by atoms with E-state index in [9.17, 15) is 4.79 Å². The van der Waals surface area contributed by atoms with E-state index in [1.807, 2.05) is 22.7 Å². The molecule has 0 aliphatic heterocycles. The van der Waals surface area contributed by atoms with Crippen LogP contribution in [0, 0.1) is 6.92 Å². The van der Waals surface area contributed by atoms with Crippen LogP contribution in [0.15, 0.2) is 18.3 Å². The van der Waals surface area contributed by atoms with Crippen LogP contribution in [0.1, 0.15) is 34.5 Å². The molecule has 2 heterocycles. The molecule has 0 fully saturated rings. The molecule has 0 unspecified atom stereocenters. The summed E-state index contributed by atoms with van der Waals surface area (Å²) >= 11 is 5.99. The monoisotopic (exact) mass is 233 g/mol. The Morgan fingerprint density at radius 2 is 2.19 bits per heavy atom. The molecule has 0 radical (unpaired) electrons. The number of ketones is 1. The van der Waals surface area contributed by atoms with Crippen molar-refractivity contribution in [1.29, 1.82) is 0 Å². The fraction of sp³-hybridized carbons (Fsp3) is 0.308. The van der Waals surface area contributed by atoms with Gasteiger partial charge in [0.05, 0.1) is 11.2 Å². The molecule has 82 valence electrons. The zero-order valence-corrected chi connectivity index (χ0v) is 9.84. The predicted octanol–water partition coefficient (Wildman–Crippen LogP) is 3.42. The van der Waals surface area contributed by atoms with Crippen LogP contribution in [0.3, 0.4) is 0 Å². The lowest BCUT2D eigenvalue weighted by atomic mass is 9.94. The second kappa shape index (κ2) is 3.36. The molecule has 0 bridgehead atoms. The molecule has 0 saturated carbocycles. The van der Waals surface area contributed by atoms with Gasteiger partial charge < -0.3 is 4.40 Å². The zero-order chi connectivity index (χ0) is 11.3. The number of carbonyl (C=O) groups is 1. The molecule has 2 aromatic rings. The lowest BCUT2D eigenvalue weighted by Gasteiger charge is -2.11. The van der Waals surface area contributed by atoms with E-state index in [0.717, 1.165) is 29.1 Å². The van der Waals surface area contributed by atoms with Crippen molar-refractivity contribution in [3.63, 3.8) is 0 Å². The van der Waals surface area contributed by atoms with Crippen LogP contribution < -0.4 is 0 Å². The molecular formula is C13H12ClNO. The Morgan fingerprint density at radius 3 is 3.00 bits per heavy atom. The zero-order valence-electron chi connectivity index (χ0n) is 9.09. The van der Waals surface area contributed by atoms with Gasteiger partial charge >= 0.3 is 0 Å². The first-order valence-corrected chi connectivity index (χ1v) is 5.88. The highest BCUT2D eigenvalue weighted by Crippen LogP contribution is 2.30. The predicted molar refractivity (Wildman–Crippen MR) is 64.4 cm³/mol. The van der Waals surface area contributed by atoms with Crippen LogP contribution in [0.2, 0.25) is 5.02 Å². The minimum absolute atomic E-state index is 0.256. The maximum atomic E-state index is 11.9. The summed E-state index contributed by atoms with van der Waals surface area (Å²) in [7, 11) is 0. The van der Waals surface area contributed by atoms with Crippen LogP contribution in [0.4, 0.5) is 0 Å². The van der Waals surface area contributed by atoms with Crippen LogP contribution in [0.5, 0.6) is 0 Å². The van der Waals surface area contributed by atoms with Gasteiger partial charge in [-0.1, -0.05) is 11.6 Å². The van der Waals surface area contributed by atoms with Gasteiger partial charge in [-0.05, 0) is 43.0 Å². The summed E-state index contributed by atoms with van der Waals surface area (Å²) in [4.78, 5) is 11.9. The number of nitrogens with zero attached hydrogens (tertiary/aromatic N) is 1. The number of Topliss-reactive ketones (excluding diaryl/α,β-unsaturated/α-hetero) is 1. The molecule has 1 aliphatic rings. The fourth-order valence-electron chi connectivity index (χ4n) is 2.59. The van der Waals surface area contributed by atoms with Gasteiger partial charge in [0.2, 0.25) is 0 Å². The van der Waals surface area contributed by atoms with Crippen molar-refractivity contribution in [2.75, 3.05) is 0 Å². The molecule has 0 N–H and O–H groups in total. The van der Waals surface area contributed by atoms with Crippen molar-refractivity contribution in [2.24, 2.45) is 0 Å². The van der Waals surface area contributed by atoms with Crippen LogP contribution >= 0.6 is 11.6 Å². The molecule has 0 spiro atoms. The highest BCUT2D eigenvalue weighted by Gasteiger charge is 2.24. The average molecular weight is 234 g/mol. The third kappa shape index (κ3) is 1.23. The standard InChI is InChI=1S/C13H12ClNO/c1-8-10-3-2-4-12(16)13(10)15-6-5-9(14)7-11(8)15/h5-7H,2-4H2,1H3. The van der Waals surface area contributed by atoms with Crippen LogP contribution in [-0.4, -0.2) is 10.2 Å². The van der Waals surface area contributed by atoms with E-state index in [2.05, 4.69) is 6.92 Å². The van der Waals surface area contributed by atoms with Crippen molar-refractivity contribution >= 4 is 22.9 Å². The summed E-state index contributed by atoms with van der Waals surface area (Å²) in [5.74, 6) is 0.256. The largest absolute Gasteiger partial charge is 0.313 e. The van der Waals surface area contributed by atoms with Crippen molar-refractivity contribution in [1.82, 2.24) is 4.40 Å². The number of halogens is 1. The highest BCUT2D eigenvalue weighted by molar-refractivity contribution is 6.31. The van der Waals surface area contributed by atoms with Gasteiger partial charge in [0, 0.05) is 17.6 Å². The first-order valence-electron chi connectivity index (χ1n) is 5.50. The molecule has 0 aromatic carbocycles. The van der Waals surface area contributed by atoms with E-state index in [0.29, 0.717) is 6.42 Å². The molecule has 2 aromatic heterocycles. The minimum atomic E-state index is 0.256. The molecule has 0 saturated heterocycles. The Hall–Kier alpha value is -1.28. The normalized spacial score (nSPS) is 15.5. The molecule has 3 heteroatoms. The minimum Gasteiger partial charge on any atom is -0.313 e. The first kappa shape index (κ1) is 9.91. The number of hydrogen-bond acceptors (Lipinski definition) is 1. The number of fused-ring (bicyclic) bond motifs is 3. The number of pyridine rings is 1. The lowest BCUT2D eigenvalue weighted by Crippen LogP contribution is -2.12. The van der Waals surface area contributed by atoms with Gasteiger partial charge in [-0.2, -0.15) is 0 Å². The fourth-order valence-corrected chi connectivity index (χ4v) is 2.75. The van der Waals surface area contributed by atoms with Crippen LogP contribution in [0.25, 0.3) is 5.52 Å². The quantitative estimate of drug-likeness (QED) is 0.683. The summed E-state index contributed by atoms with van der Waals surface area (Å²) < 4.78 is 1.98. The Balaban J connectivity index is 2.44. The second-order valence-electron chi connectivity index (χ2n) is 4.33. The Labute approximate surface area is 98.8 Å². The van der Waals surface area contributed by atoms with Crippen molar-refractivity contribution in [3.8, 4) is 0 Å². The summed E-state index contributed by atoms with van der Waals surface area (Å²) in [6.45, 7) is 2.07. The van der Waals surface area contributed by atoms with E-state index in [4.69, 9.17) is 11.6 Å². The molecule has 1 aliphatic carbocycles. The SMILES string of the molecule is Cc1c2c(n3ccc(Cl)cc13)C(=O)CCC2. The molecule has 16 heavy (non-hydrogen) atoms. The number of aryl methyl sites for hydroxylation is 1. The Bertz CT molecular complexity index is 597. The summed E-state index contributed by atoms with van der Waals surface area (Å²) in [5.41, 5.74) is 4.34. The third-order valence-corrected chi connectivity index (χ3v) is 3.61. The number of aromatic nitrogens is 1. The van der Waals surface area contributed by atoms with Gasteiger partial charge in [-0.25, -0.2) is 0 Å². The molecule has 0 atom stereocenters. The Kier molecular flexibility index (Phi) is 2.08. The van der Waals surface area contributed by atoms with E-state index < -0.39 is 0 Å². The van der Waals surface area contributed by atoms with E-state index in [-0.39, 0.29) is 5.78 Å². The highest BCUT2D eigenvalue weighted by atomic mass is 35.5. The summed E-state index contributed by atoms with van der Waals surface area (Å²) in [6, 6.07) is 3.76. The molecule has 0 amide bonds. The summed E-state index contributed by atoms with van der Waals surface area (Å²) in [6.07, 6.45) is 4.54.